The molecule has 0 spiro atoms. The van der Waals surface area contributed by atoms with Gasteiger partial charge in [-0.2, -0.15) is 5.26 Å². The summed E-state index contributed by atoms with van der Waals surface area (Å²) in [5, 5.41) is 9.87. The topological polar surface area (TPSA) is 71.7 Å². The van der Waals surface area contributed by atoms with Crippen molar-refractivity contribution < 1.29 is 4.74 Å². The molecule has 0 saturated heterocycles. The molecule has 2 heterocycles. The highest BCUT2D eigenvalue weighted by Crippen LogP contribution is 2.58. The van der Waals surface area contributed by atoms with E-state index < -0.39 is 0 Å². The number of hydrogen-bond acceptors (Lipinski definition) is 5. The van der Waals surface area contributed by atoms with E-state index in [1.807, 2.05) is 78.9 Å². The summed E-state index contributed by atoms with van der Waals surface area (Å²) in [5.74, 6) is 3.49. The molecule has 6 aromatic rings. The molecule has 5 nitrogen and oxygen atoms in total. The molecule has 5 aromatic carbocycles. The van der Waals surface area contributed by atoms with Crippen molar-refractivity contribution in [3.05, 3.63) is 156 Å². The normalized spacial score (nSPS) is 17.4. The van der Waals surface area contributed by atoms with Gasteiger partial charge in [-0.25, -0.2) is 15.0 Å². The van der Waals surface area contributed by atoms with E-state index in [-0.39, 0.29) is 10.8 Å². The van der Waals surface area contributed by atoms with Crippen molar-refractivity contribution in [2.24, 2.45) is 5.41 Å². The molecule has 0 radical (unpaired) electrons. The van der Waals surface area contributed by atoms with Gasteiger partial charge in [-0.05, 0) is 46.9 Å². The minimum atomic E-state index is -0.287. The molecule has 1 atom stereocenters. The summed E-state index contributed by atoms with van der Waals surface area (Å²) in [6.45, 7) is 6.72. The number of fused-ring (bicyclic) bond motifs is 2. The van der Waals surface area contributed by atoms with E-state index in [2.05, 4.69) is 87.5 Å². The third kappa shape index (κ3) is 5.23. The molecule has 0 fully saturated rings. The molecule has 1 unspecified atom stereocenters. The maximum absolute atomic E-state index is 9.87. The van der Waals surface area contributed by atoms with E-state index in [1.165, 1.54) is 0 Å². The van der Waals surface area contributed by atoms with Gasteiger partial charge in [0.2, 0.25) is 0 Å². The van der Waals surface area contributed by atoms with Crippen LogP contribution in [0.5, 0.6) is 5.75 Å². The first-order valence-corrected chi connectivity index (χ1v) is 16.6. The molecule has 0 saturated carbocycles. The molecular weight excluding hydrogens is 601 g/mol. The smallest absolute Gasteiger partial charge is 0.164 e. The fourth-order valence-electron chi connectivity index (χ4n) is 7.01. The number of benzene rings is 5. The Bertz CT molecular complexity index is 2260. The summed E-state index contributed by atoms with van der Waals surface area (Å²) < 4.78 is 6.55. The summed E-state index contributed by atoms with van der Waals surface area (Å²) >= 11 is 0. The quantitative estimate of drug-likeness (QED) is 0.189. The van der Waals surface area contributed by atoms with Crippen LogP contribution in [0.4, 0.5) is 0 Å². The Labute approximate surface area is 287 Å². The number of ether oxygens (including phenoxy) is 1. The average Bonchev–Trinajstić information content (AvgIpc) is 3.16. The first kappa shape index (κ1) is 30.2. The van der Waals surface area contributed by atoms with Crippen molar-refractivity contribution in [3.63, 3.8) is 0 Å². The van der Waals surface area contributed by atoms with Gasteiger partial charge in [0.25, 0.3) is 0 Å². The summed E-state index contributed by atoms with van der Waals surface area (Å²) in [6.07, 6.45) is 4.82. The molecule has 1 aliphatic carbocycles. The average molecular weight is 635 g/mol. The van der Waals surface area contributed by atoms with Gasteiger partial charge >= 0.3 is 0 Å². The van der Waals surface area contributed by atoms with Gasteiger partial charge in [0.15, 0.2) is 17.5 Å². The van der Waals surface area contributed by atoms with Crippen molar-refractivity contribution in [3.8, 4) is 68.2 Å². The van der Waals surface area contributed by atoms with Crippen LogP contribution in [-0.4, -0.2) is 15.0 Å². The lowest BCUT2D eigenvalue weighted by atomic mass is 9.57. The van der Waals surface area contributed by atoms with E-state index in [9.17, 15) is 5.26 Å². The fourth-order valence-corrected chi connectivity index (χ4v) is 7.01. The maximum atomic E-state index is 9.87. The number of rotatable bonds is 5. The lowest BCUT2D eigenvalue weighted by Gasteiger charge is -2.50. The SMILES string of the molecule is CC12CC=CC(C#N)=C1Oc1cc(-c3ccc(-c4cccc(-c5nc(-c6ccccc6)nc(-c6ccccc6)n5)c4)cc3)ccc1C2(C)C. The molecule has 8 rings (SSSR count). The van der Waals surface area contributed by atoms with Crippen molar-refractivity contribution in [2.45, 2.75) is 32.6 Å². The predicted molar refractivity (Wildman–Crippen MR) is 195 cm³/mol. The molecule has 1 aliphatic heterocycles. The van der Waals surface area contributed by atoms with Gasteiger partial charge in [0, 0.05) is 33.1 Å². The largest absolute Gasteiger partial charge is 0.459 e. The molecule has 49 heavy (non-hydrogen) atoms. The summed E-state index contributed by atoms with van der Waals surface area (Å²) in [6, 6.07) is 45.8. The van der Waals surface area contributed by atoms with E-state index in [0.717, 1.165) is 62.4 Å². The lowest BCUT2D eigenvalue weighted by Crippen LogP contribution is -2.46. The van der Waals surface area contributed by atoms with Crippen molar-refractivity contribution in [1.82, 2.24) is 15.0 Å². The second-order valence-electron chi connectivity index (χ2n) is 13.4. The molecule has 5 heteroatoms. The van der Waals surface area contributed by atoms with Gasteiger partial charge in [0.1, 0.15) is 17.6 Å². The van der Waals surface area contributed by atoms with Crippen LogP contribution >= 0.6 is 0 Å². The van der Waals surface area contributed by atoms with Crippen LogP contribution in [0.15, 0.2) is 151 Å². The maximum Gasteiger partial charge on any atom is 0.164 e. The van der Waals surface area contributed by atoms with Crippen molar-refractivity contribution >= 4 is 0 Å². The molecular formula is C44H34N4O. The van der Waals surface area contributed by atoms with Gasteiger partial charge < -0.3 is 4.74 Å². The number of allylic oxidation sites excluding steroid dienone is 4. The highest BCUT2D eigenvalue weighted by molar-refractivity contribution is 5.75. The monoisotopic (exact) mass is 634 g/mol. The van der Waals surface area contributed by atoms with Crippen molar-refractivity contribution in [2.75, 3.05) is 0 Å². The first-order chi connectivity index (χ1) is 23.8. The molecule has 236 valence electrons. The second kappa shape index (κ2) is 11.8. The summed E-state index contributed by atoms with van der Waals surface area (Å²) in [5.41, 5.74) is 8.40. The number of hydrogen-bond donors (Lipinski definition) is 0. The predicted octanol–water partition coefficient (Wildman–Crippen LogP) is 10.6. The Kier molecular flexibility index (Phi) is 7.31. The zero-order valence-corrected chi connectivity index (χ0v) is 27.7. The standard InChI is InChI=1S/C44H34N4O/c1-43(2)37-24-23-34(27-38(37)49-39-36(28-45)18-11-25-44(39,43)3)30-21-19-29(20-22-30)33-16-10-17-35(26-33)42-47-40(31-12-6-4-7-13-31)46-41(48-42)32-14-8-5-9-15-32/h4-24,26-27H,25H2,1-3H3. The molecule has 1 aromatic heterocycles. The fraction of sp³-hybridized carbons (Fsp3) is 0.136. The molecule has 0 bridgehead atoms. The Hall–Kier alpha value is -6.12. The van der Waals surface area contributed by atoms with Gasteiger partial charge in [0.05, 0.1) is 5.57 Å². The number of nitrogens with zero attached hydrogens (tertiary/aromatic N) is 4. The summed E-state index contributed by atoms with van der Waals surface area (Å²) in [7, 11) is 0. The Morgan fingerprint density at radius 3 is 1.67 bits per heavy atom. The van der Waals surface area contributed by atoms with Crippen LogP contribution in [0.1, 0.15) is 32.8 Å². The molecule has 0 N–H and O–H groups in total. The van der Waals surface area contributed by atoms with Crippen LogP contribution in [0, 0.1) is 16.7 Å². The highest BCUT2D eigenvalue weighted by atomic mass is 16.5. The molecule has 2 aliphatic rings. The number of aromatic nitrogens is 3. The van der Waals surface area contributed by atoms with Gasteiger partial charge in [-0.3, -0.25) is 0 Å². The third-order valence-electron chi connectivity index (χ3n) is 10.3. The van der Waals surface area contributed by atoms with Gasteiger partial charge in [-0.15, -0.1) is 0 Å². The van der Waals surface area contributed by atoms with E-state index >= 15 is 0 Å². The van der Waals surface area contributed by atoms with Crippen LogP contribution < -0.4 is 4.74 Å². The Morgan fingerprint density at radius 2 is 1.08 bits per heavy atom. The zero-order valence-electron chi connectivity index (χ0n) is 27.7. The Morgan fingerprint density at radius 1 is 0.571 bits per heavy atom. The van der Waals surface area contributed by atoms with Crippen LogP contribution in [0.25, 0.3) is 56.4 Å². The van der Waals surface area contributed by atoms with E-state index in [1.54, 1.807) is 0 Å². The van der Waals surface area contributed by atoms with Crippen LogP contribution in [-0.2, 0) is 5.41 Å². The first-order valence-electron chi connectivity index (χ1n) is 16.6. The van der Waals surface area contributed by atoms with Gasteiger partial charge in [-0.1, -0.05) is 142 Å². The number of nitriles is 1. The van der Waals surface area contributed by atoms with Crippen molar-refractivity contribution in [1.29, 1.82) is 5.26 Å². The van der Waals surface area contributed by atoms with E-state index in [4.69, 9.17) is 19.7 Å². The third-order valence-corrected chi connectivity index (χ3v) is 10.3. The molecule has 0 amide bonds. The van der Waals surface area contributed by atoms with Crippen LogP contribution in [0.2, 0.25) is 0 Å². The highest BCUT2D eigenvalue weighted by Gasteiger charge is 2.52. The zero-order chi connectivity index (χ0) is 33.6. The minimum absolute atomic E-state index is 0.210. The van der Waals surface area contributed by atoms with E-state index in [0.29, 0.717) is 23.0 Å². The lowest BCUT2D eigenvalue weighted by molar-refractivity contribution is 0.121. The minimum Gasteiger partial charge on any atom is -0.459 e. The Balaban J connectivity index is 1.12. The summed E-state index contributed by atoms with van der Waals surface area (Å²) in [4.78, 5) is 14.7. The second-order valence-corrected chi connectivity index (χ2v) is 13.4. The van der Waals surface area contributed by atoms with Crippen LogP contribution in [0.3, 0.4) is 0 Å².